The standard InChI is InChI=1S/C26H22N4O4/c1-4-34-26(31)21-14-23(19-11-8-12-20(13-19)30(32)33)29(17(21)3)25-22(15-27)16(2)24(28-25)18-9-6-5-7-10-18/h5-14,28H,4H2,1-3H3. The van der Waals surface area contributed by atoms with Gasteiger partial charge in [-0.25, -0.2) is 4.79 Å². The van der Waals surface area contributed by atoms with E-state index in [0.717, 1.165) is 16.8 Å². The fraction of sp³-hybridized carbons (Fsp3) is 0.154. The van der Waals surface area contributed by atoms with Crippen LogP contribution >= 0.6 is 0 Å². The van der Waals surface area contributed by atoms with Crippen molar-refractivity contribution in [2.45, 2.75) is 20.8 Å². The summed E-state index contributed by atoms with van der Waals surface area (Å²) in [5.41, 5.74) is 4.73. The summed E-state index contributed by atoms with van der Waals surface area (Å²) in [6, 6.07) is 19.7. The number of rotatable bonds is 6. The largest absolute Gasteiger partial charge is 0.462 e. The molecule has 0 spiro atoms. The van der Waals surface area contributed by atoms with E-state index in [1.807, 2.05) is 37.3 Å². The van der Waals surface area contributed by atoms with Crippen LogP contribution in [0, 0.1) is 35.3 Å². The number of nitrogens with zero attached hydrogens (tertiary/aromatic N) is 3. The van der Waals surface area contributed by atoms with Crippen molar-refractivity contribution in [3.63, 3.8) is 0 Å². The molecule has 0 bridgehead atoms. The van der Waals surface area contributed by atoms with Gasteiger partial charge in [-0.3, -0.25) is 14.7 Å². The summed E-state index contributed by atoms with van der Waals surface area (Å²) in [5.74, 6) is -0.0242. The molecule has 8 nitrogen and oxygen atoms in total. The van der Waals surface area contributed by atoms with Crippen LogP contribution in [0.2, 0.25) is 0 Å². The number of aromatic amines is 1. The molecule has 1 N–H and O–H groups in total. The number of nitrogens with one attached hydrogen (secondary N) is 1. The summed E-state index contributed by atoms with van der Waals surface area (Å²) in [5, 5.41) is 21.4. The van der Waals surface area contributed by atoms with E-state index in [2.05, 4.69) is 11.1 Å². The van der Waals surface area contributed by atoms with Crippen molar-refractivity contribution in [3.8, 4) is 34.4 Å². The zero-order valence-electron chi connectivity index (χ0n) is 19.0. The maximum absolute atomic E-state index is 12.7. The van der Waals surface area contributed by atoms with Crippen molar-refractivity contribution >= 4 is 11.7 Å². The molecule has 0 amide bonds. The molecule has 0 aliphatic carbocycles. The first-order valence-corrected chi connectivity index (χ1v) is 10.7. The summed E-state index contributed by atoms with van der Waals surface area (Å²) < 4.78 is 6.98. The van der Waals surface area contributed by atoms with Gasteiger partial charge in [-0.2, -0.15) is 5.26 Å². The van der Waals surface area contributed by atoms with E-state index in [9.17, 15) is 20.2 Å². The average molecular weight is 454 g/mol. The summed E-state index contributed by atoms with van der Waals surface area (Å²) in [6.07, 6.45) is 0. The second-order valence-electron chi connectivity index (χ2n) is 7.72. The van der Waals surface area contributed by atoms with Gasteiger partial charge in [0.05, 0.1) is 34.0 Å². The predicted molar refractivity (Wildman–Crippen MR) is 128 cm³/mol. The molecule has 2 heterocycles. The number of H-pyrrole nitrogens is 1. The fourth-order valence-electron chi connectivity index (χ4n) is 4.08. The highest BCUT2D eigenvalue weighted by atomic mass is 16.6. The SMILES string of the molecule is CCOC(=O)c1cc(-c2cccc([N+](=O)[O-])c2)n(-c2[nH]c(-c3ccccc3)c(C)c2C#N)c1C. The lowest BCUT2D eigenvalue weighted by Gasteiger charge is -2.11. The number of hydrogen-bond acceptors (Lipinski definition) is 5. The Balaban J connectivity index is 2.02. The first-order valence-electron chi connectivity index (χ1n) is 10.7. The molecule has 4 rings (SSSR count). The second kappa shape index (κ2) is 9.08. The van der Waals surface area contributed by atoms with Crippen LogP contribution in [0.25, 0.3) is 28.3 Å². The fourth-order valence-corrected chi connectivity index (χ4v) is 4.08. The minimum atomic E-state index is -0.504. The van der Waals surface area contributed by atoms with Gasteiger partial charge in [-0.1, -0.05) is 42.5 Å². The summed E-state index contributed by atoms with van der Waals surface area (Å²) in [7, 11) is 0. The maximum atomic E-state index is 12.7. The van der Waals surface area contributed by atoms with Gasteiger partial charge < -0.3 is 9.72 Å². The molecule has 34 heavy (non-hydrogen) atoms. The predicted octanol–water partition coefficient (Wildman–Crippen LogP) is 5.71. The molecule has 0 atom stereocenters. The number of aromatic nitrogens is 2. The van der Waals surface area contributed by atoms with Crippen molar-refractivity contribution in [3.05, 3.63) is 93.2 Å². The third-order valence-electron chi connectivity index (χ3n) is 5.72. The molecule has 4 aromatic rings. The van der Waals surface area contributed by atoms with Gasteiger partial charge in [0.15, 0.2) is 0 Å². The summed E-state index contributed by atoms with van der Waals surface area (Å²) >= 11 is 0. The first kappa shape index (κ1) is 22.6. The third-order valence-corrected chi connectivity index (χ3v) is 5.72. The number of nitro groups is 1. The lowest BCUT2D eigenvalue weighted by Crippen LogP contribution is -2.07. The topological polar surface area (TPSA) is 114 Å². The number of carbonyl (C=O) groups is 1. The van der Waals surface area contributed by atoms with E-state index < -0.39 is 10.9 Å². The highest BCUT2D eigenvalue weighted by Gasteiger charge is 2.25. The highest BCUT2D eigenvalue weighted by Crippen LogP contribution is 2.36. The molecule has 0 saturated carbocycles. The number of carbonyl (C=O) groups excluding carboxylic acids is 1. The molecular formula is C26H22N4O4. The van der Waals surface area contributed by atoms with E-state index in [-0.39, 0.29) is 12.3 Å². The Morgan fingerprint density at radius 2 is 1.82 bits per heavy atom. The molecule has 0 aliphatic heterocycles. The van der Waals surface area contributed by atoms with Gasteiger partial charge in [0.1, 0.15) is 11.9 Å². The van der Waals surface area contributed by atoms with E-state index in [1.165, 1.54) is 12.1 Å². The number of benzene rings is 2. The van der Waals surface area contributed by atoms with E-state index in [1.54, 1.807) is 36.6 Å². The average Bonchev–Trinajstić information content (AvgIpc) is 3.36. The number of non-ortho nitro benzene ring substituents is 1. The molecule has 170 valence electrons. The number of esters is 1. The number of ether oxygens (including phenoxy) is 1. The minimum Gasteiger partial charge on any atom is -0.462 e. The van der Waals surface area contributed by atoms with Crippen LogP contribution < -0.4 is 0 Å². The van der Waals surface area contributed by atoms with Crippen LogP contribution in [0.4, 0.5) is 5.69 Å². The van der Waals surface area contributed by atoms with Crippen molar-refractivity contribution in [1.82, 2.24) is 9.55 Å². The Morgan fingerprint density at radius 3 is 2.47 bits per heavy atom. The molecule has 0 aliphatic rings. The molecule has 8 heteroatoms. The monoisotopic (exact) mass is 454 g/mol. The maximum Gasteiger partial charge on any atom is 0.339 e. The Morgan fingerprint density at radius 1 is 1.12 bits per heavy atom. The van der Waals surface area contributed by atoms with Gasteiger partial charge >= 0.3 is 5.97 Å². The van der Waals surface area contributed by atoms with Crippen molar-refractivity contribution in [2.24, 2.45) is 0 Å². The Hall–Kier alpha value is -4.64. The number of hydrogen-bond donors (Lipinski definition) is 1. The Kier molecular flexibility index (Phi) is 6.02. The molecule has 0 unspecified atom stereocenters. The minimum absolute atomic E-state index is 0.0752. The first-order chi connectivity index (χ1) is 16.4. The van der Waals surface area contributed by atoms with Crippen LogP contribution in [0.1, 0.15) is 34.1 Å². The molecule has 0 saturated heterocycles. The van der Waals surface area contributed by atoms with Gasteiger partial charge in [0.2, 0.25) is 0 Å². The van der Waals surface area contributed by atoms with Crippen LogP contribution in [-0.4, -0.2) is 27.1 Å². The molecule has 2 aromatic carbocycles. The zero-order chi connectivity index (χ0) is 24.4. The number of nitro benzene ring substituents is 1. The molecule has 0 fully saturated rings. The van der Waals surface area contributed by atoms with Crippen LogP contribution in [0.5, 0.6) is 0 Å². The van der Waals surface area contributed by atoms with Crippen LogP contribution in [0.15, 0.2) is 60.7 Å². The Bertz CT molecular complexity index is 1440. The lowest BCUT2D eigenvalue weighted by atomic mass is 10.1. The van der Waals surface area contributed by atoms with Gasteiger partial charge in [0, 0.05) is 23.4 Å². The normalized spacial score (nSPS) is 10.6. The van der Waals surface area contributed by atoms with E-state index in [4.69, 9.17) is 4.74 Å². The second-order valence-corrected chi connectivity index (χ2v) is 7.72. The van der Waals surface area contributed by atoms with Gasteiger partial charge in [0.25, 0.3) is 5.69 Å². The quantitative estimate of drug-likeness (QED) is 0.228. The zero-order valence-corrected chi connectivity index (χ0v) is 19.0. The van der Waals surface area contributed by atoms with Gasteiger partial charge in [-0.05, 0) is 38.0 Å². The molecule has 0 radical (unpaired) electrons. The third kappa shape index (κ3) is 3.84. The highest BCUT2D eigenvalue weighted by molar-refractivity contribution is 5.93. The smallest absolute Gasteiger partial charge is 0.339 e. The van der Waals surface area contributed by atoms with Crippen LogP contribution in [0.3, 0.4) is 0 Å². The van der Waals surface area contributed by atoms with Crippen molar-refractivity contribution < 1.29 is 14.5 Å². The number of nitriles is 1. The molecule has 2 aromatic heterocycles. The molecular weight excluding hydrogens is 432 g/mol. The lowest BCUT2D eigenvalue weighted by molar-refractivity contribution is -0.384. The van der Waals surface area contributed by atoms with Gasteiger partial charge in [-0.15, -0.1) is 0 Å². The summed E-state index contributed by atoms with van der Waals surface area (Å²) in [6.45, 7) is 5.55. The summed E-state index contributed by atoms with van der Waals surface area (Å²) in [4.78, 5) is 27.0. The van der Waals surface area contributed by atoms with E-state index in [0.29, 0.717) is 33.9 Å². The van der Waals surface area contributed by atoms with Crippen molar-refractivity contribution in [2.75, 3.05) is 6.61 Å². The Labute approximate surface area is 196 Å². The van der Waals surface area contributed by atoms with E-state index >= 15 is 0 Å². The van der Waals surface area contributed by atoms with Crippen molar-refractivity contribution in [1.29, 1.82) is 5.26 Å². The van der Waals surface area contributed by atoms with Crippen LogP contribution in [-0.2, 0) is 4.74 Å².